The third-order valence-corrected chi connectivity index (χ3v) is 4.92. The molecule has 0 fully saturated rings. The highest BCUT2D eigenvalue weighted by Gasteiger charge is 2.21. The Balaban J connectivity index is 2.47. The Kier molecular flexibility index (Phi) is 4.25. The number of halogens is 2. The summed E-state index contributed by atoms with van der Waals surface area (Å²) in [6.45, 7) is 3.67. The summed E-state index contributed by atoms with van der Waals surface area (Å²) in [5.74, 6) is -0.886. The minimum absolute atomic E-state index is 0.166. The molecule has 112 valence electrons. The van der Waals surface area contributed by atoms with Gasteiger partial charge < -0.3 is 5.73 Å². The van der Waals surface area contributed by atoms with Crippen molar-refractivity contribution < 1.29 is 12.8 Å². The van der Waals surface area contributed by atoms with Gasteiger partial charge in [0.1, 0.15) is 10.7 Å². The van der Waals surface area contributed by atoms with Crippen LogP contribution in [0.3, 0.4) is 0 Å². The molecule has 0 spiro atoms. The maximum absolute atomic E-state index is 13.8. The Labute approximate surface area is 131 Å². The second-order valence-electron chi connectivity index (χ2n) is 4.73. The van der Waals surface area contributed by atoms with Crippen LogP contribution in [-0.4, -0.2) is 8.42 Å². The van der Waals surface area contributed by atoms with Crippen LogP contribution in [0, 0.1) is 19.7 Å². The lowest BCUT2D eigenvalue weighted by molar-refractivity contribution is 0.571. The third kappa shape index (κ3) is 3.36. The molecule has 0 aliphatic carbocycles. The molecule has 0 radical (unpaired) electrons. The molecular weight excluding hydrogens is 359 g/mol. The van der Waals surface area contributed by atoms with Crippen LogP contribution in [-0.2, 0) is 10.0 Å². The lowest BCUT2D eigenvalue weighted by Gasteiger charge is -2.14. The molecule has 2 rings (SSSR count). The molecule has 0 atom stereocenters. The SMILES string of the molecule is Cc1cc(C)c(NS(=O)(=O)c2ccc(N)cc2F)c(Br)c1. The molecule has 2 aromatic rings. The topological polar surface area (TPSA) is 72.2 Å². The summed E-state index contributed by atoms with van der Waals surface area (Å²) in [4.78, 5) is -0.441. The average molecular weight is 373 g/mol. The van der Waals surface area contributed by atoms with Crippen LogP contribution in [0.5, 0.6) is 0 Å². The molecule has 0 saturated heterocycles. The van der Waals surface area contributed by atoms with Gasteiger partial charge in [-0.2, -0.15) is 0 Å². The predicted octanol–water partition coefficient (Wildman–Crippen LogP) is 3.59. The summed E-state index contributed by atoms with van der Waals surface area (Å²) in [5, 5.41) is 0. The fraction of sp³-hybridized carbons (Fsp3) is 0.143. The van der Waals surface area contributed by atoms with Gasteiger partial charge in [-0.15, -0.1) is 0 Å². The average Bonchev–Trinajstić information content (AvgIpc) is 2.33. The second-order valence-corrected chi connectivity index (χ2v) is 7.24. The highest BCUT2D eigenvalue weighted by Crippen LogP contribution is 2.30. The summed E-state index contributed by atoms with van der Waals surface area (Å²) in [6, 6.07) is 7.08. The smallest absolute Gasteiger partial charge is 0.264 e. The molecule has 0 aliphatic heterocycles. The first-order valence-corrected chi connectivity index (χ1v) is 8.33. The number of hydrogen-bond acceptors (Lipinski definition) is 3. The number of nitrogens with two attached hydrogens (primary N) is 1. The van der Waals surface area contributed by atoms with E-state index in [1.165, 1.54) is 6.07 Å². The van der Waals surface area contributed by atoms with E-state index in [0.29, 0.717) is 10.2 Å². The summed E-state index contributed by atoms with van der Waals surface area (Å²) in [5.41, 5.74) is 7.70. The van der Waals surface area contributed by atoms with Crippen molar-refractivity contribution in [2.45, 2.75) is 18.7 Å². The number of anilines is 2. The Hall–Kier alpha value is -1.60. The van der Waals surface area contributed by atoms with Gasteiger partial charge in [0.05, 0.1) is 5.69 Å². The van der Waals surface area contributed by atoms with Crippen LogP contribution in [0.25, 0.3) is 0 Å². The van der Waals surface area contributed by atoms with E-state index < -0.39 is 20.7 Å². The zero-order valence-corrected chi connectivity index (χ0v) is 13.8. The summed E-state index contributed by atoms with van der Waals surface area (Å²) < 4.78 is 41.4. The van der Waals surface area contributed by atoms with E-state index in [1.54, 1.807) is 13.0 Å². The van der Waals surface area contributed by atoms with E-state index in [-0.39, 0.29) is 5.69 Å². The van der Waals surface area contributed by atoms with E-state index in [2.05, 4.69) is 20.7 Å². The Morgan fingerprint density at radius 3 is 2.43 bits per heavy atom. The van der Waals surface area contributed by atoms with E-state index in [9.17, 15) is 12.8 Å². The number of nitrogens with one attached hydrogen (secondary N) is 1. The molecule has 3 N–H and O–H groups in total. The van der Waals surface area contributed by atoms with Gasteiger partial charge in [0.15, 0.2) is 0 Å². The zero-order valence-electron chi connectivity index (χ0n) is 11.4. The number of hydrogen-bond donors (Lipinski definition) is 2. The molecule has 21 heavy (non-hydrogen) atoms. The lowest BCUT2D eigenvalue weighted by atomic mass is 10.1. The van der Waals surface area contributed by atoms with Crippen LogP contribution in [0.15, 0.2) is 39.7 Å². The highest BCUT2D eigenvalue weighted by atomic mass is 79.9. The van der Waals surface area contributed by atoms with Gasteiger partial charge in [0, 0.05) is 10.2 Å². The zero-order chi connectivity index (χ0) is 15.8. The molecular formula is C14H14BrFN2O2S. The Morgan fingerprint density at radius 2 is 1.86 bits per heavy atom. The van der Waals surface area contributed by atoms with Crippen molar-refractivity contribution >= 4 is 37.3 Å². The van der Waals surface area contributed by atoms with Crippen molar-refractivity contribution in [2.75, 3.05) is 10.5 Å². The highest BCUT2D eigenvalue weighted by molar-refractivity contribution is 9.10. The summed E-state index contributed by atoms with van der Waals surface area (Å²) in [7, 11) is -4.03. The first kappa shape index (κ1) is 15.8. The summed E-state index contributed by atoms with van der Waals surface area (Å²) >= 11 is 3.31. The quantitative estimate of drug-likeness (QED) is 0.808. The van der Waals surface area contributed by atoms with Gasteiger partial charge in [-0.1, -0.05) is 6.07 Å². The number of rotatable bonds is 3. The standard InChI is InChI=1S/C14H14BrFN2O2S/c1-8-5-9(2)14(11(15)6-8)18-21(19,20)13-4-3-10(17)7-12(13)16/h3-7,18H,17H2,1-2H3. The van der Waals surface area contributed by atoms with E-state index in [4.69, 9.17) is 5.73 Å². The first-order valence-electron chi connectivity index (χ1n) is 6.05. The van der Waals surface area contributed by atoms with Crippen molar-refractivity contribution in [3.8, 4) is 0 Å². The maximum Gasteiger partial charge on any atom is 0.264 e. The fourth-order valence-electron chi connectivity index (χ4n) is 1.97. The molecule has 0 unspecified atom stereocenters. The van der Waals surface area contributed by atoms with Gasteiger partial charge in [-0.25, -0.2) is 12.8 Å². The van der Waals surface area contributed by atoms with Gasteiger partial charge in [0.2, 0.25) is 0 Å². The molecule has 2 aromatic carbocycles. The van der Waals surface area contributed by atoms with Gasteiger partial charge in [0.25, 0.3) is 10.0 Å². The van der Waals surface area contributed by atoms with Crippen molar-refractivity contribution in [2.24, 2.45) is 0 Å². The van der Waals surface area contributed by atoms with E-state index in [1.807, 2.05) is 13.0 Å². The Morgan fingerprint density at radius 1 is 1.19 bits per heavy atom. The normalized spacial score (nSPS) is 11.4. The monoisotopic (exact) mass is 372 g/mol. The van der Waals surface area contributed by atoms with Gasteiger partial charge >= 0.3 is 0 Å². The number of nitrogen functional groups attached to an aromatic ring is 1. The second kappa shape index (κ2) is 5.65. The van der Waals surface area contributed by atoms with Gasteiger partial charge in [-0.3, -0.25) is 4.72 Å². The van der Waals surface area contributed by atoms with E-state index >= 15 is 0 Å². The molecule has 0 aliphatic rings. The lowest BCUT2D eigenvalue weighted by Crippen LogP contribution is -2.16. The molecule has 0 aromatic heterocycles. The fourth-order valence-corrected chi connectivity index (χ4v) is 4.09. The molecule has 0 bridgehead atoms. The van der Waals surface area contributed by atoms with Crippen LogP contribution < -0.4 is 10.5 Å². The van der Waals surface area contributed by atoms with E-state index in [0.717, 1.165) is 23.3 Å². The maximum atomic E-state index is 13.8. The number of benzene rings is 2. The number of aryl methyl sites for hydroxylation is 2. The summed E-state index contributed by atoms with van der Waals surface area (Å²) in [6.07, 6.45) is 0. The third-order valence-electron chi connectivity index (χ3n) is 2.91. The molecule has 0 heterocycles. The van der Waals surface area contributed by atoms with Crippen molar-refractivity contribution in [1.82, 2.24) is 0 Å². The van der Waals surface area contributed by atoms with Crippen molar-refractivity contribution in [1.29, 1.82) is 0 Å². The largest absolute Gasteiger partial charge is 0.399 e. The van der Waals surface area contributed by atoms with Crippen LogP contribution in [0.2, 0.25) is 0 Å². The van der Waals surface area contributed by atoms with Crippen molar-refractivity contribution in [3.05, 3.63) is 51.7 Å². The minimum atomic E-state index is -4.03. The first-order chi connectivity index (χ1) is 9.70. The van der Waals surface area contributed by atoms with Crippen LogP contribution in [0.1, 0.15) is 11.1 Å². The molecule has 7 heteroatoms. The molecule has 0 saturated carbocycles. The van der Waals surface area contributed by atoms with Crippen LogP contribution in [0.4, 0.5) is 15.8 Å². The number of sulfonamides is 1. The van der Waals surface area contributed by atoms with Crippen molar-refractivity contribution in [3.63, 3.8) is 0 Å². The molecule has 4 nitrogen and oxygen atoms in total. The predicted molar refractivity (Wildman–Crippen MR) is 85.2 cm³/mol. The minimum Gasteiger partial charge on any atom is -0.399 e. The van der Waals surface area contributed by atoms with Crippen LogP contribution >= 0.6 is 15.9 Å². The molecule has 0 amide bonds. The van der Waals surface area contributed by atoms with Gasteiger partial charge in [-0.05, 0) is 65.2 Å². The Bertz CT molecular complexity index is 784.